The molecular formula is C25H33BrN2O2. The van der Waals surface area contributed by atoms with Gasteiger partial charge in [-0.15, -0.1) is 0 Å². The van der Waals surface area contributed by atoms with Gasteiger partial charge in [-0.2, -0.15) is 0 Å². The van der Waals surface area contributed by atoms with E-state index in [1.807, 2.05) is 31.2 Å². The van der Waals surface area contributed by atoms with Crippen molar-refractivity contribution >= 4 is 27.7 Å². The zero-order valence-electron chi connectivity index (χ0n) is 18.7. The minimum Gasteiger partial charge on any atom is -0.355 e. The van der Waals surface area contributed by atoms with Crippen molar-refractivity contribution in [1.29, 1.82) is 0 Å². The average molecular weight is 473 g/mol. The highest BCUT2D eigenvalue weighted by Crippen LogP contribution is 2.23. The van der Waals surface area contributed by atoms with Crippen molar-refractivity contribution in [2.75, 3.05) is 6.54 Å². The number of carbonyl (C=O) groups excluding carboxylic acids is 2. The van der Waals surface area contributed by atoms with Crippen LogP contribution in [0.3, 0.4) is 0 Å². The summed E-state index contributed by atoms with van der Waals surface area (Å²) in [5.74, 6) is -0.144. The van der Waals surface area contributed by atoms with E-state index in [4.69, 9.17) is 0 Å². The van der Waals surface area contributed by atoms with Crippen molar-refractivity contribution in [3.8, 4) is 0 Å². The highest BCUT2D eigenvalue weighted by Gasteiger charge is 2.25. The Labute approximate surface area is 189 Å². The smallest absolute Gasteiger partial charge is 0.242 e. The second-order valence-corrected chi connectivity index (χ2v) is 9.58. The van der Waals surface area contributed by atoms with E-state index >= 15 is 0 Å². The quantitative estimate of drug-likeness (QED) is 0.571. The third-order valence-electron chi connectivity index (χ3n) is 5.23. The molecule has 5 heteroatoms. The molecule has 1 atom stereocenters. The maximum atomic E-state index is 13.1. The summed E-state index contributed by atoms with van der Waals surface area (Å²) in [4.78, 5) is 27.2. The Balaban J connectivity index is 2.11. The van der Waals surface area contributed by atoms with Crippen molar-refractivity contribution in [2.24, 2.45) is 0 Å². The lowest BCUT2D eigenvalue weighted by atomic mass is 9.86. The van der Waals surface area contributed by atoms with Gasteiger partial charge in [0.25, 0.3) is 0 Å². The van der Waals surface area contributed by atoms with Crippen molar-refractivity contribution in [3.05, 3.63) is 69.7 Å². The number of hydrogen-bond acceptors (Lipinski definition) is 2. The minimum absolute atomic E-state index is 0.0171. The lowest BCUT2D eigenvalue weighted by Gasteiger charge is -2.29. The van der Waals surface area contributed by atoms with Gasteiger partial charge in [0.15, 0.2) is 0 Å². The molecule has 2 amide bonds. The van der Waals surface area contributed by atoms with Gasteiger partial charge in [-0.25, -0.2) is 0 Å². The highest BCUT2D eigenvalue weighted by atomic mass is 79.9. The maximum absolute atomic E-state index is 13.1. The highest BCUT2D eigenvalue weighted by molar-refractivity contribution is 9.10. The van der Waals surface area contributed by atoms with Crippen LogP contribution in [0.15, 0.2) is 53.0 Å². The van der Waals surface area contributed by atoms with Crippen LogP contribution in [0.25, 0.3) is 0 Å². The molecule has 0 heterocycles. The van der Waals surface area contributed by atoms with Crippen LogP contribution in [0.1, 0.15) is 57.7 Å². The third kappa shape index (κ3) is 6.98. The molecule has 0 radical (unpaired) electrons. The lowest BCUT2D eigenvalue weighted by Crippen LogP contribution is -2.47. The molecule has 0 saturated carbocycles. The molecule has 0 aromatic heterocycles. The van der Waals surface area contributed by atoms with Gasteiger partial charge in [0, 0.05) is 24.0 Å². The van der Waals surface area contributed by atoms with Gasteiger partial charge >= 0.3 is 0 Å². The number of likely N-dealkylation sites (N-methyl/N-ethyl adjacent to an activating group) is 1. The first-order chi connectivity index (χ1) is 14.1. The molecule has 2 aromatic carbocycles. The number of benzene rings is 2. The monoisotopic (exact) mass is 472 g/mol. The van der Waals surface area contributed by atoms with Gasteiger partial charge in [0.05, 0.1) is 0 Å². The lowest BCUT2D eigenvalue weighted by molar-refractivity contribution is -0.140. The van der Waals surface area contributed by atoms with E-state index < -0.39 is 6.04 Å². The van der Waals surface area contributed by atoms with E-state index in [2.05, 4.69) is 66.3 Å². The molecule has 1 unspecified atom stereocenters. The Morgan fingerprint density at radius 1 is 1.00 bits per heavy atom. The van der Waals surface area contributed by atoms with E-state index in [9.17, 15) is 9.59 Å². The molecule has 0 fully saturated rings. The summed E-state index contributed by atoms with van der Waals surface area (Å²) in [6, 6.07) is 15.8. The molecule has 30 heavy (non-hydrogen) atoms. The van der Waals surface area contributed by atoms with E-state index in [0.717, 1.165) is 15.6 Å². The summed E-state index contributed by atoms with van der Waals surface area (Å²) >= 11 is 3.44. The summed E-state index contributed by atoms with van der Waals surface area (Å²) in [5, 5.41) is 2.83. The number of nitrogens with one attached hydrogen (secondary N) is 1. The van der Waals surface area contributed by atoms with Crippen molar-refractivity contribution < 1.29 is 9.59 Å². The Hall–Kier alpha value is -2.14. The molecule has 0 aliphatic heterocycles. The molecule has 0 saturated heterocycles. The summed E-state index contributed by atoms with van der Waals surface area (Å²) < 4.78 is 0.986. The van der Waals surface area contributed by atoms with Gasteiger partial charge in [-0.05, 0) is 54.5 Å². The predicted octanol–water partition coefficient (Wildman–Crippen LogP) is 5.23. The zero-order valence-corrected chi connectivity index (χ0v) is 20.3. The Morgan fingerprint density at radius 2 is 1.57 bits per heavy atom. The van der Waals surface area contributed by atoms with Gasteiger partial charge < -0.3 is 10.2 Å². The number of nitrogens with zero attached hydrogens (tertiary/aromatic N) is 1. The fourth-order valence-corrected chi connectivity index (χ4v) is 3.52. The van der Waals surface area contributed by atoms with Gasteiger partial charge in [0.2, 0.25) is 11.8 Å². The SMILES string of the molecule is CCNC(=O)C(C)N(Cc1ccc(Br)cc1)C(=O)CCc1ccc(C(C)(C)C)cc1. The van der Waals surface area contributed by atoms with Gasteiger partial charge in [-0.1, -0.05) is 73.1 Å². The van der Waals surface area contributed by atoms with Crippen LogP contribution in [0.2, 0.25) is 0 Å². The molecule has 0 aliphatic rings. The standard InChI is InChI=1S/C25H33BrN2O2/c1-6-27-24(30)18(2)28(17-20-9-14-22(26)15-10-20)23(29)16-11-19-7-12-21(13-8-19)25(3,4)5/h7-10,12-15,18H,6,11,16-17H2,1-5H3,(H,27,30). The van der Waals surface area contributed by atoms with E-state index in [0.29, 0.717) is 25.9 Å². The van der Waals surface area contributed by atoms with Crippen LogP contribution in [0, 0.1) is 0 Å². The number of carbonyl (C=O) groups is 2. The fraction of sp³-hybridized carbons (Fsp3) is 0.440. The first kappa shape index (κ1) is 24.1. The van der Waals surface area contributed by atoms with Crippen LogP contribution in [0.4, 0.5) is 0 Å². The van der Waals surface area contributed by atoms with Gasteiger partial charge in [-0.3, -0.25) is 9.59 Å². The number of rotatable bonds is 8. The molecule has 1 N–H and O–H groups in total. The summed E-state index contributed by atoms with van der Waals surface area (Å²) in [7, 11) is 0. The van der Waals surface area contributed by atoms with E-state index in [1.165, 1.54) is 5.56 Å². The van der Waals surface area contributed by atoms with Crippen molar-refractivity contribution in [3.63, 3.8) is 0 Å². The zero-order chi connectivity index (χ0) is 22.3. The summed E-state index contributed by atoms with van der Waals surface area (Å²) in [6.45, 7) is 11.2. The number of aryl methyl sites for hydroxylation is 1. The predicted molar refractivity (Wildman–Crippen MR) is 126 cm³/mol. The van der Waals surface area contributed by atoms with E-state index in [1.54, 1.807) is 11.8 Å². The number of hydrogen-bond donors (Lipinski definition) is 1. The molecule has 162 valence electrons. The summed E-state index contributed by atoms with van der Waals surface area (Å²) in [6.07, 6.45) is 1.03. The van der Waals surface area contributed by atoms with Crippen LogP contribution >= 0.6 is 15.9 Å². The second kappa shape index (κ2) is 10.8. The number of halogens is 1. The van der Waals surface area contributed by atoms with Crippen LogP contribution in [-0.2, 0) is 28.0 Å². The first-order valence-corrected chi connectivity index (χ1v) is 11.3. The molecule has 2 aromatic rings. The fourth-order valence-electron chi connectivity index (χ4n) is 3.26. The number of amides is 2. The van der Waals surface area contributed by atoms with E-state index in [-0.39, 0.29) is 17.2 Å². The Bertz CT molecular complexity index is 839. The van der Waals surface area contributed by atoms with Gasteiger partial charge in [0.1, 0.15) is 6.04 Å². The summed E-state index contributed by atoms with van der Waals surface area (Å²) in [5.41, 5.74) is 3.51. The maximum Gasteiger partial charge on any atom is 0.242 e. The van der Waals surface area contributed by atoms with Crippen LogP contribution in [0.5, 0.6) is 0 Å². The average Bonchev–Trinajstić information content (AvgIpc) is 2.71. The molecule has 4 nitrogen and oxygen atoms in total. The van der Waals surface area contributed by atoms with Crippen molar-refractivity contribution in [2.45, 2.75) is 65.5 Å². The molecule has 0 bridgehead atoms. The first-order valence-electron chi connectivity index (χ1n) is 10.5. The molecule has 2 rings (SSSR count). The van der Waals surface area contributed by atoms with Crippen LogP contribution < -0.4 is 5.32 Å². The second-order valence-electron chi connectivity index (χ2n) is 8.67. The Morgan fingerprint density at radius 3 is 2.10 bits per heavy atom. The normalized spacial score (nSPS) is 12.3. The topological polar surface area (TPSA) is 49.4 Å². The minimum atomic E-state index is -0.524. The molecule has 0 spiro atoms. The molecular weight excluding hydrogens is 440 g/mol. The third-order valence-corrected chi connectivity index (χ3v) is 5.76. The largest absolute Gasteiger partial charge is 0.355 e. The van der Waals surface area contributed by atoms with Crippen molar-refractivity contribution in [1.82, 2.24) is 10.2 Å². The van der Waals surface area contributed by atoms with Crippen LogP contribution in [-0.4, -0.2) is 29.3 Å². The Kier molecular flexibility index (Phi) is 8.65. The molecule has 0 aliphatic carbocycles.